The molecular weight excluding hydrogens is 352 g/mol. The highest BCUT2D eigenvalue weighted by Gasteiger charge is 2.22. The van der Waals surface area contributed by atoms with E-state index in [0.29, 0.717) is 5.56 Å². The topological polar surface area (TPSA) is 78.8 Å². The third-order valence-electron chi connectivity index (χ3n) is 3.14. The van der Waals surface area contributed by atoms with Gasteiger partial charge in [-0.2, -0.15) is 9.41 Å². The van der Waals surface area contributed by atoms with Gasteiger partial charge >= 0.3 is 0 Å². The summed E-state index contributed by atoms with van der Waals surface area (Å²) in [4.78, 5) is 11.6. The van der Waals surface area contributed by atoms with Crippen LogP contribution in [-0.2, 0) is 14.8 Å². The first-order valence-electron chi connectivity index (χ1n) is 7.08. The van der Waals surface area contributed by atoms with E-state index in [1.807, 2.05) is 0 Å². The van der Waals surface area contributed by atoms with Crippen LogP contribution in [0.4, 0.5) is 8.78 Å². The Labute approximate surface area is 143 Å². The molecule has 6 nitrogen and oxygen atoms in total. The van der Waals surface area contributed by atoms with Crippen LogP contribution in [0.3, 0.4) is 0 Å². The van der Waals surface area contributed by atoms with Crippen LogP contribution in [0, 0.1) is 11.6 Å². The van der Waals surface area contributed by atoms with Crippen molar-refractivity contribution in [1.29, 1.82) is 0 Å². The maximum Gasteiger partial charge on any atom is 0.255 e. The van der Waals surface area contributed by atoms with Crippen LogP contribution in [0.25, 0.3) is 0 Å². The van der Waals surface area contributed by atoms with E-state index >= 15 is 0 Å². The number of nitrogens with one attached hydrogen (secondary N) is 1. The summed E-state index contributed by atoms with van der Waals surface area (Å²) in [6.45, 7) is -0.486. The monoisotopic (exact) mass is 367 g/mol. The van der Waals surface area contributed by atoms with Crippen LogP contribution in [0.15, 0.2) is 58.5 Å². The normalized spacial score (nSPS) is 11.8. The largest absolute Gasteiger partial charge is 0.272 e. The zero-order valence-corrected chi connectivity index (χ0v) is 14.0. The smallest absolute Gasteiger partial charge is 0.255 e. The molecular formula is C16H15F2N3O3S. The minimum atomic E-state index is -3.93. The van der Waals surface area contributed by atoms with Crippen LogP contribution < -0.4 is 5.43 Å². The maximum absolute atomic E-state index is 13.0. The molecule has 132 valence electrons. The Hall–Kier alpha value is -2.65. The molecule has 0 fully saturated rings. The number of likely N-dealkylation sites (N-methyl/N-ethyl adjacent to an activating group) is 1. The predicted octanol–water partition coefficient (Wildman–Crippen LogP) is 1.74. The fraction of sp³-hybridized carbons (Fsp3) is 0.125. The quantitative estimate of drug-likeness (QED) is 0.624. The molecule has 0 bridgehead atoms. The number of hydrogen-bond donors (Lipinski definition) is 1. The second-order valence-electron chi connectivity index (χ2n) is 5.06. The van der Waals surface area contributed by atoms with Gasteiger partial charge in [-0.1, -0.05) is 12.1 Å². The van der Waals surface area contributed by atoms with Crippen molar-refractivity contribution in [1.82, 2.24) is 9.73 Å². The number of benzene rings is 2. The number of rotatable bonds is 6. The summed E-state index contributed by atoms with van der Waals surface area (Å²) in [6, 6.07) is 9.83. The third-order valence-corrected chi connectivity index (χ3v) is 4.96. The van der Waals surface area contributed by atoms with Gasteiger partial charge < -0.3 is 0 Å². The van der Waals surface area contributed by atoms with E-state index in [9.17, 15) is 22.0 Å². The van der Waals surface area contributed by atoms with E-state index in [1.165, 1.54) is 31.5 Å². The molecule has 0 aliphatic rings. The number of sulfonamides is 1. The van der Waals surface area contributed by atoms with Crippen molar-refractivity contribution in [3.63, 3.8) is 0 Å². The average Bonchev–Trinajstić information content (AvgIpc) is 2.55. The molecule has 0 saturated heterocycles. The van der Waals surface area contributed by atoms with Crippen molar-refractivity contribution in [3.8, 4) is 0 Å². The zero-order valence-electron chi connectivity index (χ0n) is 13.2. The highest BCUT2D eigenvalue weighted by molar-refractivity contribution is 7.89. The third kappa shape index (κ3) is 5.16. The van der Waals surface area contributed by atoms with Gasteiger partial charge in [0.15, 0.2) is 0 Å². The number of carbonyl (C=O) groups excluding carboxylic acids is 1. The molecule has 0 aromatic heterocycles. The number of hydrazone groups is 1. The lowest BCUT2D eigenvalue weighted by Gasteiger charge is -2.15. The molecule has 25 heavy (non-hydrogen) atoms. The fourth-order valence-corrected chi connectivity index (χ4v) is 3.00. The average molecular weight is 367 g/mol. The molecule has 1 amide bonds. The first-order valence-corrected chi connectivity index (χ1v) is 8.52. The second kappa shape index (κ2) is 7.95. The number of amides is 1. The highest BCUT2D eigenvalue weighted by Crippen LogP contribution is 2.14. The first kappa shape index (κ1) is 18.7. The van der Waals surface area contributed by atoms with Crippen LogP contribution in [0.2, 0.25) is 0 Å². The van der Waals surface area contributed by atoms with Crippen molar-refractivity contribution < 1.29 is 22.0 Å². The molecule has 0 radical (unpaired) electrons. The van der Waals surface area contributed by atoms with Crippen molar-refractivity contribution in [2.24, 2.45) is 5.10 Å². The lowest BCUT2D eigenvalue weighted by molar-refractivity contribution is -0.121. The van der Waals surface area contributed by atoms with E-state index in [-0.39, 0.29) is 4.90 Å². The minimum absolute atomic E-state index is 0.132. The highest BCUT2D eigenvalue weighted by atomic mass is 32.2. The van der Waals surface area contributed by atoms with E-state index < -0.39 is 34.1 Å². The van der Waals surface area contributed by atoms with Gasteiger partial charge in [-0.3, -0.25) is 4.79 Å². The van der Waals surface area contributed by atoms with E-state index in [0.717, 1.165) is 28.6 Å². The Morgan fingerprint density at radius 3 is 2.48 bits per heavy atom. The van der Waals surface area contributed by atoms with E-state index in [1.54, 1.807) is 6.07 Å². The van der Waals surface area contributed by atoms with Crippen LogP contribution >= 0.6 is 0 Å². The Morgan fingerprint density at radius 2 is 1.84 bits per heavy atom. The summed E-state index contributed by atoms with van der Waals surface area (Å²) in [7, 11) is -2.71. The van der Waals surface area contributed by atoms with E-state index in [4.69, 9.17) is 0 Å². The Balaban J connectivity index is 1.96. The fourth-order valence-electron chi connectivity index (χ4n) is 1.87. The number of carbonyl (C=O) groups is 1. The molecule has 0 saturated carbocycles. The van der Waals surface area contributed by atoms with Crippen molar-refractivity contribution in [3.05, 3.63) is 65.7 Å². The predicted molar refractivity (Wildman–Crippen MR) is 88.4 cm³/mol. The van der Waals surface area contributed by atoms with Gasteiger partial charge in [-0.25, -0.2) is 22.6 Å². The van der Waals surface area contributed by atoms with Gasteiger partial charge in [-0.05, 0) is 42.0 Å². The standard InChI is InChI=1S/C16H15F2N3O3S/c1-21(25(23,24)15-7-5-13(17)6-8-15)11-16(22)20-19-10-12-3-2-4-14(18)9-12/h2-10H,11H2,1H3,(H,20,22)/b19-10-. The summed E-state index contributed by atoms with van der Waals surface area (Å²) in [5.74, 6) is -1.69. The molecule has 2 aromatic rings. The lowest BCUT2D eigenvalue weighted by atomic mass is 10.2. The lowest BCUT2D eigenvalue weighted by Crippen LogP contribution is -2.36. The maximum atomic E-state index is 13.0. The molecule has 0 spiro atoms. The van der Waals surface area contributed by atoms with Gasteiger partial charge in [0.1, 0.15) is 11.6 Å². The van der Waals surface area contributed by atoms with Crippen molar-refractivity contribution >= 4 is 22.1 Å². The van der Waals surface area contributed by atoms with Crippen LogP contribution in [0.1, 0.15) is 5.56 Å². The zero-order chi connectivity index (χ0) is 18.4. The van der Waals surface area contributed by atoms with Crippen molar-refractivity contribution in [2.45, 2.75) is 4.90 Å². The Bertz CT molecular complexity index is 884. The van der Waals surface area contributed by atoms with Gasteiger partial charge in [0.2, 0.25) is 10.0 Å². The second-order valence-corrected chi connectivity index (χ2v) is 7.11. The van der Waals surface area contributed by atoms with Gasteiger partial charge in [0, 0.05) is 7.05 Å². The number of halogens is 2. The first-order chi connectivity index (χ1) is 11.8. The summed E-state index contributed by atoms with van der Waals surface area (Å²) in [5, 5.41) is 3.64. The van der Waals surface area contributed by atoms with Gasteiger partial charge in [-0.15, -0.1) is 0 Å². The van der Waals surface area contributed by atoms with Gasteiger partial charge in [0.05, 0.1) is 17.7 Å². The SMILES string of the molecule is CN(CC(=O)N/N=C\c1cccc(F)c1)S(=O)(=O)c1ccc(F)cc1. The molecule has 0 heterocycles. The molecule has 9 heteroatoms. The van der Waals surface area contributed by atoms with Crippen LogP contribution in [-0.4, -0.2) is 38.4 Å². The molecule has 2 aromatic carbocycles. The molecule has 0 unspecified atom stereocenters. The Kier molecular flexibility index (Phi) is 5.94. The molecule has 0 atom stereocenters. The number of hydrogen-bond acceptors (Lipinski definition) is 4. The summed E-state index contributed by atoms with van der Waals surface area (Å²) in [5.41, 5.74) is 2.59. The molecule has 1 N–H and O–H groups in total. The molecule has 0 aliphatic heterocycles. The van der Waals surface area contributed by atoms with Crippen molar-refractivity contribution in [2.75, 3.05) is 13.6 Å². The minimum Gasteiger partial charge on any atom is -0.272 e. The summed E-state index contributed by atoms with van der Waals surface area (Å²) in [6.07, 6.45) is 1.23. The van der Waals surface area contributed by atoms with Gasteiger partial charge in [0.25, 0.3) is 5.91 Å². The molecule has 2 rings (SSSR count). The van der Waals surface area contributed by atoms with E-state index in [2.05, 4.69) is 10.5 Å². The Morgan fingerprint density at radius 1 is 1.16 bits per heavy atom. The molecule has 0 aliphatic carbocycles. The number of nitrogens with zero attached hydrogens (tertiary/aromatic N) is 2. The summed E-state index contributed by atoms with van der Waals surface area (Å²) < 4.78 is 51.2. The summed E-state index contributed by atoms with van der Waals surface area (Å²) >= 11 is 0. The van der Waals surface area contributed by atoms with Crippen LogP contribution in [0.5, 0.6) is 0 Å².